The van der Waals surface area contributed by atoms with Crippen molar-refractivity contribution in [2.24, 2.45) is 0 Å². The number of anilines is 2. The Labute approximate surface area is 145 Å². The first-order valence-electron chi connectivity index (χ1n) is 7.51. The van der Waals surface area contributed by atoms with Gasteiger partial charge in [0.2, 0.25) is 5.91 Å². The third-order valence-corrected chi connectivity index (χ3v) is 3.26. The second kappa shape index (κ2) is 8.89. The van der Waals surface area contributed by atoms with E-state index in [2.05, 4.69) is 15.4 Å². The third kappa shape index (κ3) is 5.52. The van der Waals surface area contributed by atoms with Crippen molar-refractivity contribution in [3.05, 3.63) is 71.9 Å². The maximum Gasteiger partial charge on any atom is 0.350 e. The molecular formula is C19H17N3O3. The van der Waals surface area contributed by atoms with Gasteiger partial charge in [-0.05, 0) is 23.8 Å². The number of esters is 1. The Morgan fingerprint density at radius 2 is 1.84 bits per heavy atom. The molecule has 0 saturated carbocycles. The van der Waals surface area contributed by atoms with Gasteiger partial charge in [-0.1, -0.05) is 36.4 Å². The summed E-state index contributed by atoms with van der Waals surface area (Å²) < 4.78 is 4.50. The minimum atomic E-state index is -0.720. The first-order chi connectivity index (χ1) is 12.1. The molecule has 6 nitrogen and oxygen atoms in total. The van der Waals surface area contributed by atoms with Crippen molar-refractivity contribution in [3.63, 3.8) is 0 Å². The Morgan fingerprint density at radius 3 is 2.52 bits per heavy atom. The van der Waals surface area contributed by atoms with Crippen LogP contribution in [0.1, 0.15) is 5.56 Å². The molecule has 1 amide bonds. The lowest BCUT2D eigenvalue weighted by Crippen LogP contribution is -2.14. The lowest BCUT2D eigenvalue weighted by atomic mass is 10.1. The Morgan fingerprint density at radius 1 is 1.12 bits per heavy atom. The van der Waals surface area contributed by atoms with Gasteiger partial charge in [-0.25, -0.2) is 4.79 Å². The molecule has 0 aromatic heterocycles. The van der Waals surface area contributed by atoms with E-state index in [1.54, 1.807) is 30.3 Å². The molecule has 0 saturated heterocycles. The van der Waals surface area contributed by atoms with Crippen molar-refractivity contribution in [1.82, 2.24) is 0 Å². The van der Waals surface area contributed by atoms with Gasteiger partial charge in [-0.3, -0.25) is 4.79 Å². The molecule has 0 radical (unpaired) electrons. The van der Waals surface area contributed by atoms with Gasteiger partial charge in [0.15, 0.2) is 5.57 Å². The second-order valence-electron chi connectivity index (χ2n) is 5.10. The molecular weight excluding hydrogens is 318 g/mol. The summed E-state index contributed by atoms with van der Waals surface area (Å²) in [6.45, 7) is 0. The largest absolute Gasteiger partial charge is 0.465 e. The molecule has 0 fully saturated rings. The van der Waals surface area contributed by atoms with E-state index in [1.165, 1.54) is 13.3 Å². The molecule has 126 valence electrons. The lowest BCUT2D eigenvalue weighted by Gasteiger charge is -2.08. The zero-order chi connectivity index (χ0) is 18.1. The van der Waals surface area contributed by atoms with Crippen LogP contribution in [0.5, 0.6) is 0 Å². The highest BCUT2D eigenvalue weighted by Crippen LogP contribution is 2.16. The number of methoxy groups -OCH3 is 1. The first-order valence-corrected chi connectivity index (χ1v) is 7.51. The molecule has 0 unspecified atom stereocenters. The van der Waals surface area contributed by atoms with Crippen LogP contribution in [0.4, 0.5) is 11.4 Å². The molecule has 0 spiro atoms. The number of ether oxygens (including phenoxy) is 1. The number of rotatable bonds is 6. The molecule has 2 aromatic rings. The van der Waals surface area contributed by atoms with Gasteiger partial charge in [0.05, 0.1) is 13.5 Å². The standard InChI is InChI=1S/C19H17N3O3/c1-25-19(24)15(12-20)13-21-16-8-5-9-17(11-16)22-18(23)10-14-6-3-2-4-7-14/h2-9,11,13,21H,10H2,1H3,(H,22,23)/b15-13+. The molecule has 0 aliphatic carbocycles. The van der Waals surface area contributed by atoms with Gasteiger partial charge >= 0.3 is 5.97 Å². The van der Waals surface area contributed by atoms with Gasteiger partial charge in [-0.15, -0.1) is 0 Å². The smallest absolute Gasteiger partial charge is 0.350 e. The number of hydrogen-bond acceptors (Lipinski definition) is 5. The van der Waals surface area contributed by atoms with Crippen LogP contribution < -0.4 is 10.6 Å². The number of benzene rings is 2. The normalized spacial score (nSPS) is 10.5. The molecule has 25 heavy (non-hydrogen) atoms. The second-order valence-corrected chi connectivity index (χ2v) is 5.10. The van der Waals surface area contributed by atoms with Crippen molar-refractivity contribution >= 4 is 23.3 Å². The fourth-order valence-electron chi connectivity index (χ4n) is 2.08. The highest BCUT2D eigenvalue weighted by atomic mass is 16.5. The highest BCUT2D eigenvalue weighted by molar-refractivity contribution is 5.94. The number of nitrogens with one attached hydrogen (secondary N) is 2. The van der Waals surface area contributed by atoms with Crippen LogP contribution in [0.25, 0.3) is 0 Å². The van der Waals surface area contributed by atoms with Crippen molar-refractivity contribution in [2.75, 3.05) is 17.7 Å². The summed E-state index contributed by atoms with van der Waals surface area (Å²) in [5, 5.41) is 14.6. The Kier molecular flexibility index (Phi) is 6.32. The van der Waals surface area contributed by atoms with Crippen LogP contribution in [0, 0.1) is 11.3 Å². The summed E-state index contributed by atoms with van der Waals surface area (Å²) in [7, 11) is 1.20. The third-order valence-electron chi connectivity index (χ3n) is 3.26. The number of carbonyl (C=O) groups is 2. The topological polar surface area (TPSA) is 91.2 Å². The monoisotopic (exact) mass is 335 g/mol. The summed E-state index contributed by atoms with van der Waals surface area (Å²) >= 11 is 0. The Hall–Kier alpha value is -3.59. The fourth-order valence-corrected chi connectivity index (χ4v) is 2.08. The number of hydrogen-bond donors (Lipinski definition) is 2. The van der Waals surface area contributed by atoms with Crippen LogP contribution in [-0.2, 0) is 20.7 Å². The van der Waals surface area contributed by atoms with Gasteiger partial charge in [0.1, 0.15) is 6.07 Å². The summed E-state index contributed by atoms with van der Waals surface area (Å²) in [4.78, 5) is 23.4. The van der Waals surface area contributed by atoms with E-state index in [9.17, 15) is 9.59 Å². The number of nitriles is 1. The first kappa shape index (κ1) is 17.8. The summed E-state index contributed by atoms with van der Waals surface area (Å²) in [6.07, 6.45) is 1.54. The molecule has 6 heteroatoms. The van der Waals surface area contributed by atoms with Crippen LogP contribution in [0.3, 0.4) is 0 Å². The summed E-state index contributed by atoms with van der Waals surface area (Å²) in [6, 6.07) is 18.1. The van der Waals surface area contributed by atoms with Crippen molar-refractivity contribution < 1.29 is 14.3 Å². The van der Waals surface area contributed by atoms with Gasteiger partial charge in [-0.2, -0.15) is 5.26 Å². The van der Waals surface area contributed by atoms with E-state index >= 15 is 0 Å². The van der Waals surface area contributed by atoms with E-state index in [-0.39, 0.29) is 17.9 Å². The number of carbonyl (C=O) groups excluding carboxylic acids is 2. The summed E-state index contributed by atoms with van der Waals surface area (Å²) in [5.74, 6) is -0.853. The quantitative estimate of drug-likeness (QED) is 0.481. The van der Waals surface area contributed by atoms with E-state index in [4.69, 9.17) is 5.26 Å². The van der Waals surface area contributed by atoms with E-state index in [0.717, 1.165) is 5.56 Å². The van der Waals surface area contributed by atoms with Crippen molar-refractivity contribution in [1.29, 1.82) is 5.26 Å². The average molecular weight is 335 g/mol. The zero-order valence-electron chi connectivity index (χ0n) is 13.7. The molecule has 2 rings (SSSR count). The van der Waals surface area contributed by atoms with Gasteiger partial charge < -0.3 is 15.4 Å². The molecule has 0 aliphatic rings. The van der Waals surface area contributed by atoms with Crippen molar-refractivity contribution in [3.8, 4) is 6.07 Å². The van der Waals surface area contributed by atoms with Gasteiger partial charge in [0, 0.05) is 17.6 Å². The maximum atomic E-state index is 12.1. The minimum Gasteiger partial charge on any atom is -0.465 e. The SMILES string of the molecule is COC(=O)/C(C#N)=C/Nc1cccc(NC(=O)Cc2ccccc2)c1. The predicted molar refractivity (Wildman–Crippen MR) is 94.6 cm³/mol. The van der Waals surface area contributed by atoms with Crippen molar-refractivity contribution in [2.45, 2.75) is 6.42 Å². The number of amides is 1. The lowest BCUT2D eigenvalue weighted by molar-refractivity contribution is -0.135. The molecule has 2 N–H and O–H groups in total. The summed E-state index contributed by atoms with van der Waals surface area (Å²) in [5.41, 5.74) is 2.00. The van der Waals surface area contributed by atoms with Gasteiger partial charge in [0.25, 0.3) is 0 Å². The molecule has 0 bridgehead atoms. The van der Waals surface area contributed by atoms with E-state index in [0.29, 0.717) is 11.4 Å². The maximum absolute atomic E-state index is 12.1. The molecule has 0 atom stereocenters. The highest BCUT2D eigenvalue weighted by Gasteiger charge is 2.08. The Bertz CT molecular complexity index is 823. The van der Waals surface area contributed by atoms with Crippen LogP contribution in [0.2, 0.25) is 0 Å². The van der Waals surface area contributed by atoms with Crippen LogP contribution in [-0.4, -0.2) is 19.0 Å². The van der Waals surface area contributed by atoms with E-state index in [1.807, 2.05) is 30.3 Å². The number of nitrogens with zero attached hydrogens (tertiary/aromatic N) is 1. The molecule has 0 aliphatic heterocycles. The predicted octanol–water partition coefficient (Wildman–Crippen LogP) is 2.86. The molecule has 2 aromatic carbocycles. The Balaban J connectivity index is 2.01. The fraction of sp³-hybridized carbons (Fsp3) is 0.105. The minimum absolute atomic E-state index is 0.133. The zero-order valence-corrected chi connectivity index (χ0v) is 13.7. The van der Waals surface area contributed by atoms with E-state index < -0.39 is 5.97 Å². The molecule has 0 heterocycles. The van der Waals surface area contributed by atoms with Crippen LogP contribution >= 0.6 is 0 Å². The average Bonchev–Trinajstić information content (AvgIpc) is 2.63. The van der Waals surface area contributed by atoms with Crippen LogP contribution in [0.15, 0.2) is 66.4 Å².